The number of ether oxygens (including phenoxy) is 2. The minimum atomic E-state index is -3.63. The number of nitrogens with zero attached hydrogens (tertiary/aromatic N) is 2. The van der Waals surface area contributed by atoms with Crippen molar-refractivity contribution in [1.82, 2.24) is 10.2 Å². The maximum absolute atomic E-state index is 13.6. The van der Waals surface area contributed by atoms with Crippen LogP contribution in [0.1, 0.15) is 52.5 Å². The molecule has 0 aliphatic rings. The molecule has 10 heteroatoms. The van der Waals surface area contributed by atoms with E-state index in [0.29, 0.717) is 23.6 Å². The summed E-state index contributed by atoms with van der Waals surface area (Å²) in [7, 11) is -0.564. The first kappa shape index (κ1) is 31.0. The molecule has 0 bridgehead atoms. The minimum absolute atomic E-state index is 0.0661. The van der Waals surface area contributed by atoms with E-state index >= 15 is 0 Å². The number of sulfonamides is 1. The lowest BCUT2D eigenvalue weighted by molar-refractivity contribution is -0.142. The Kier molecular flexibility index (Phi) is 11.0. The van der Waals surface area contributed by atoms with Gasteiger partial charge in [0.15, 0.2) is 0 Å². The number of carbonyl (C=O) groups excluding carboxylic acids is 2. The molecule has 0 aromatic heterocycles. The second-order valence-corrected chi connectivity index (χ2v) is 12.1. The number of carbonyl (C=O) groups is 2. The Morgan fingerprint density at radius 3 is 2.16 bits per heavy atom. The van der Waals surface area contributed by atoms with Crippen LogP contribution in [-0.4, -0.2) is 63.7 Å². The molecule has 0 saturated heterocycles. The number of para-hydroxylation sites is 2. The van der Waals surface area contributed by atoms with Crippen LogP contribution in [0, 0.1) is 0 Å². The maximum Gasteiger partial charge on any atom is 0.243 e. The standard InChI is InChI=1S/C28H41N3O6S/c1-8-23(27(33)29-28(2,3)4)30(20-21-15-17-22(36-5)18-16-21)26(32)14-11-19-31(38(7,34)35)24-12-9-10-13-25(24)37-6/h9-10,12-13,15-18,23H,8,11,14,19-20H2,1-7H3,(H,29,33)/t23-/m1/s1. The molecule has 0 fully saturated rings. The van der Waals surface area contributed by atoms with Crippen LogP contribution >= 0.6 is 0 Å². The van der Waals surface area contributed by atoms with Crippen LogP contribution in [0.3, 0.4) is 0 Å². The van der Waals surface area contributed by atoms with E-state index in [-0.39, 0.29) is 37.7 Å². The Bertz CT molecular complexity index is 1180. The van der Waals surface area contributed by atoms with Crippen LogP contribution in [0.2, 0.25) is 0 Å². The Morgan fingerprint density at radius 1 is 1.00 bits per heavy atom. The van der Waals surface area contributed by atoms with Crippen LogP contribution in [0.4, 0.5) is 5.69 Å². The number of methoxy groups -OCH3 is 2. The van der Waals surface area contributed by atoms with Gasteiger partial charge in [-0.05, 0) is 63.4 Å². The van der Waals surface area contributed by atoms with Crippen LogP contribution in [-0.2, 0) is 26.2 Å². The fourth-order valence-electron chi connectivity index (χ4n) is 4.12. The van der Waals surface area contributed by atoms with Crippen molar-refractivity contribution < 1.29 is 27.5 Å². The molecular formula is C28H41N3O6S. The normalized spacial score (nSPS) is 12.4. The summed E-state index contributed by atoms with van der Waals surface area (Å²) in [6.45, 7) is 7.88. The summed E-state index contributed by atoms with van der Waals surface area (Å²) in [6.07, 6.45) is 1.89. The van der Waals surface area contributed by atoms with Gasteiger partial charge in [-0.15, -0.1) is 0 Å². The number of hydrogen-bond acceptors (Lipinski definition) is 6. The Labute approximate surface area is 227 Å². The van der Waals surface area contributed by atoms with Crippen molar-refractivity contribution in [2.45, 2.75) is 65.1 Å². The van der Waals surface area contributed by atoms with Gasteiger partial charge in [0.2, 0.25) is 21.8 Å². The second kappa shape index (κ2) is 13.5. The van der Waals surface area contributed by atoms with E-state index in [1.54, 1.807) is 36.3 Å². The highest BCUT2D eigenvalue weighted by Crippen LogP contribution is 2.30. The number of rotatable bonds is 13. The smallest absolute Gasteiger partial charge is 0.243 e. The van der Waals surface area contributed by atoms with Gasteiger partial charge in [-0.1, -0.05) is 31.2 Å². The predicted octanol–water partition coefficient (Wildman–Crippen LogP) is 3.97. The van der Waals surface area contributed by atoms with Crippen LogP contribution in [0.15, 0.2) is 48.5 Å². The third-order valence-electron chi connectivity index (χ3n) is 5.90. The molecule has 2 aromatic rings. The molecule has 1 N–H and O–H groups in total. The summed E-state index contributed by atoms with van der Waals surface area (Å²) in [4.78, 5) is 28.3. The molecule has 210 valence electrons. The van der Waals surface area contributed by atoms with Gasteiger partial charge in [-0.2, -0.15) is 0 Å². The maximum atomic E-state index is 13.6. The molecular weight excluding hydrogens is 506 g/mol. The van der Waals surface area contributed by atoms with Gasteiger partial charge in [0, 0.05) is 25.0 Å². The van der Waals surface area contributed by atoms with Crippen LogP contribution < -0.4 is 19.1 Å². The molecule has 0 aliphatic carbocycles. The lowest BCUT2D eigenvalue weighted by Crippen LogP contribution is -2.53. The Balaban J connectivity index is 2.27. The summed E-state index contributed by atoms with van der Waals surface area (Å²) < 4.78 is 37.0. The van der Waals surface area contributed by atoms with Gasteiger partial charge in [0.1, 0.15) is 17.5 Å². The van der Waals surface area contributed by atoms with Crippen molar-refractivity contribution >= 4 is 27.5 Å². The first-order chi connectivity index (χ1) is 17.8. The highest BCUT2D eigenvalue weighted by molar-refractivity contribution is 7.92. The van der Waals surface area contributed by atoms with Crippen molar-refractivity contribution in [2.75, 3.05) is 31.3 Å². The third-order valence-corrected chi connectivity index (χ3v) is 7.08. The highest BCUT2D eigenvalue weighted by atomic mass is 32.2. The van der Waals surface area contributed by atoms with Gasteiger partial charge in [-0.25, -0.2) is 8.42 Å². The fourth-order valence-corrected chi connectivity index (χ4v) is 5.09. The molecule has 0 radical (unpaired) electrons. The van der Waals surface area contributed by atoms with Gasteiger partial charge >= 0.3 is 0 Å². The molecule has 2 aromatic carbocycles. The van der Waals surface area contributed by atoms with Gasteiger partial charge in [0.25, 0.3) is 0 Å². The van der Waals surface area contributed by atoms with Crippen molar-refractivity contribution in [2.24, 2.45) is 0 Å². The third kappa shape index (κ3) is 8.93. The number of nitrogens with one attached hydrogen (secondary N) is 1. The highest BCUT2D eigenvalue weighted by Gasteiger charge is 2.31. The molecule has 38 heavy (non-hydrogen) atoms. The molecule has 0 saturated carbocycles. The van der Waals surface area contributed by atoms with Crippen molar-refractivity contribution in [1.29, 1.82) is 0 Å². The van der Waals surface area contributed by atoms with E-state index in [0.717, 1.165) is 11.8 Å². The first-order valence-electron chi connectivity index (χ1n) is 12.7. The zero-order valence-electron chi connectivity index (χ0n) is 23.5. The van der Waals surface area contributed by atoms with E-state index in [2.05, 4.69) is 5.32 Å². The Morgan fingerprint density at radius 2 is 1.63 bits per heavy atom. The monoisotopic (exact) mass is 547 g/mol. The zero-order chi connectivity index (χ0) is 28.5. The number of anilines is 1. The molecule has 2 amide bonds. The lowest BCUT2D eigenvalue weighted by atomic mass is 10.0. The van der Waals surface area contributed by atoms with Crippen molar-refractivity contribution in [3.8, 4) is 11.5 Å². The average molecular weight is 548 g/mol. The van der Waals surface area contributed by atoms with Crippen LogP contribution in [0.5, 0.6) is 11.5 Å². The quantitative estimate of drug-likeness (QED) is 0.407. The van der Waals surface area contributed by atoms with Crippen molar-refractivity contribution in [3.05, 3.63) is 54.1 Å². The molecule has 2 rings (SSSR count). The van der Waals surface area contributed by atoms with Gasteiger partial charge < -0.3 is 19.7 Å². The van der Waals surface area contributed by atoms with E-state index in [1.165, 1.54) is 11.4 Å². The molecule has 0 heterocycles. The Hall–Kier alpha value is -3.27. The summed E-state index contributed by atoms with van der Waals surface area (Å²) in [5.74, 6) is 0.662. The van der Waals surface area contributed by atoms with Gasteiger partial charge in [-0.3, -0.25) is 13.9 Å². The van der Waals surface area contributed by atoms with Crippen molar-refractivity contribution in [3.63, 3.8) is 0 Å². The summed E-state index contributed by atoms with van der Waals surface area (Å²) in [5.41, 5.74) is 0.813. The average Bonchev–Trinajstić information content (AvgIpc) is 2.85. The van der Waals surface area contributed by atoms with E-state index < -0.39 is 21.6 Å². The lowest BCUT2D eigenvalue weighted by Gasteiger charge is -2.33. The predicted molar refractivity (Wildman–Crippen MR) is 150 cm³/mol. The summed E-state index contributed by atoms with van der Waals surface area (Å²) in [5, 5.41) is 2.98. The van der Waals surface area contributed by atoms with Crippen LogP contribution in [0.25, 0.3) is 0 Å². The number of hydrogen-bond donors (Lipinski definition) is 1. The van der Waals surface area contributed by atoms with E-state index in [4.69, 9.17) is 9.47 Å². The molecule has 0 aliphatic heterocycles. The zero-order valence-corrected chi connectivity index (χ0v) is 24.3. The fraction of sp³-hybridized carbons (Fsp3) is 0.500. The second-order valence-electron chi connectivity index (χ2n) is 10.1. The molecule has 0 spiro atoms. The first-order valence-corrected chi connectivity index (χ1v) is 14.5. The topological polar surface area (TPSA) is 105 Å². The largest absolute Gasteiger partial charge is 0.497 e. The molecule has 0 unspecified atom stereocenters. The van der Waals surface area contributed by atoms with E-state index in [1.807, 2.05) is 52.0 Å². The molecule has 1 atom stereocenters. The van der Waals surface area contributed by atoms with E-state index in [9.17, 15) is 18.0 Å². The summed E-state index contributed by atoms with van der Waals surface area (Å²) in [6, 6.07) is 13.5. The number of benzene rings is 2. The molecule has 9 nitrogen and oxygen atoms in total. The SMILES string of the molecule is CC[C@H](C(=O)NC(C)(C)C)N(Cc1ccc(OC)cc1)C(=O)CCCN(c1ccccc1OC)S(C)(=O)=O. The van der Waals surface area contributed by atoms with Gasteiger partial charge in [0.05, 0.1) is 26.2 Å². The number of amides is 2. The summed E-state index contributed by atoms with van der Waals surface area (Å²) >= 11 is 0. The minimum Gasteiger partial charge on any atom is -0.497 e.